The van der Waals surface area contributed by atoms with Crippen LogP contribution >= 0.6 is 0 Å². The minimum absolute atomic E-state index is 0.622. The molecule has 4 unspecified atom stereocenters. The van der Waals surface area contributed by atoms with Crippen LogP contribution in [0.2, 0.25) is 0 Å². The minimum Gasteiger partial charge on any atom is -0.380 e. The average molecular weight is 225 g/mol. The highest BCUT2D eigenvalue weighted by molar-refractivity contribution is 4.88. The van der Waals surface area contributed by atoms with Crippen molar-refractivity contribution in [1.82, 2.24) is 5.32 Å². The van der Waals surface area contributed by atoms with E-state index in [-0.39, 0.29) is 0 Å². The summed E-state index contributed by atoms with van der Waals surface area (Å²) in [4.78, 5) is 0. The first-order chi connectivity index (χ1) is 7.66. The summed E-state index contributed by atoms with van der Waals surface area (Å²) in [7, 11) is 0. The number of rotatable bonds is 3. The van der Waals surface area contributed by atoms with Gasteiger partial charge in [0.25, 0.3) is 0 Å². The summed E-state index contributed by atoms with van der Waals surface area (Å²) in [6, 6.07) is 1.35. The minimum atomic E-state index is 0.622. The van der Waals surface area contributed by atoms with E-state index in [9.17, 15) is 0 Å². The van der Waals surface area contributed by atoms with Gasteiger partial charge in [0, 0.05) is 18.7 Å². The Bertz CT molecular complexity index is 211. The van der Waals surface area contributed by atoms with Crippen molar-refractivity contribution in [3.63, 3.8) is 0 Å². The molecule has 2 nitrogen and oxygen atoms in total. The zero-order valence-electron chi connectivity index (χ0n) is 11.0. The van der Waals surface area contributed by atoms with E-state index in [0.717, 1.165) is 37.0 Å². The SMILES string of the molecule is CC1CCC(C(C)C)C(NC2CCOC2)C1. The molecule has 0 bridgehead atoms. The lowest BCUT2D eigenvalue weighted by molar-refractivity contribution is 0.146. The third-order valence-electron chi connectivity index (χ3n) is 4.40. The molecule has 4 atom stereocenters. The fourth-order valence-electron chi connectivity index (χ4n) is 3.36. The van der Waals surface area contributed by atoms with E-state index in [0.29, 0.717) is 6.04 Å². The molecule has 2 fully saturated rings. The molecule has 2 rings (SSSR count). The van der Waals surface area contributed by atoms with E-state index < -0.39 is 0 Å². The van der Waals surface area contributed by atoms with E-state index in [4.69, 9.17) is 4.74 Å². The standard InChI is InChI=1S/C14H27NO/c1-10(2)13-5-4-11(3)8-14(13)15-12-6-7-16-9-12/h10-15H,4-9H2,1-3H3. The second-order valence-corrected chi connectivity index (χ2v) is 6.16. The predicted molar refractivity (Wildman–Crippen MR) is 67.5 cm³/mol. The molecule has 2 aliphatic rings. The Balaban J connectivity index is 1.91. The first kappa shape index (κ1) is 12.4. The molecule has 0 aromatic rings. The van der Waals surface area contributed by atoms with Crippen LogP contribution < -0.4 is 5.32 Å². The van der Waals surface area contributed by atoms with Crippen molar-refractivity contribution in [2.75, 3.05) is 13.2 Å². The Labute approximate surface area is 100 Å². The summed E-state index contributed by atoms with van der Waals surface area (Å²) in [6.07, 6.45) is 5.39. The molecule has 0 amide bonds. The van der Waals surface area contributed by atoms with Gasteiger partial charge < -0.3 is 10.1 Å². The normalized spacial score (nSPS) is 40.5. The molecular formula is C14H27NO. The molecule has 1 aliphatic carbocycles. The summed E-state index contributed by atoms with van der Waals surface area (Å²) >= 11 is 0. The monoisotopic (exact) mass is 225 g/mol. The van der Waals surface area contributed by atoms with Crippen molar-refractivity contribution < 1.29 is 4.74 Å². The van der Waals surface area contributed by atoms with Gasteiger partial charge in [-0.2, -0.15) is 0 Å². The van der Waals surface area contributed by atoms with Gasteiger partial charge in [0.05, 0.1) is 6.61 Å². The van der Waals surface area contributed by atoms with Crippen LogP contribution in [0.5, 0.6) is 0 Å². The predicted octanol–water partition coefficient (Wildman–Crippen LogP) is 2.83. The fourth-order valence-corrected chi connectivity index (χ4v) is 3.36. The van der Waals surface area contributed by atoms with Crippen LogP contribution in [0.4, 0.5) is 0 Å². The molecule has 0 aromatic heterocycles. The van der Waals surface area contributed by atoms with Gasteiger partial charge in [-0.15, -0.1) is 0 Å². The first-order valence-corrected chi connectivity index (χ1v) is 7.00. The van der Waals surface area contributed by atoms with Crippen LogP contribution in [0.25, 0.3) is 0 Å². The Hall–Kier alpha value is -0.0800. The summed E-state index contributed by atoms with van der Waals surface area (Å²) in [6.45, 7) is 9.03. The fraction of sp³-hybridized carbons (Fsp3) is 1.00. The van der Waals surface area contributed by atoms with Crippen molar-refractivity contribution >= 4 is 0 Å². The lowest BCUT2D eigenvalue weighted by Crippen LogP contribution is -2.47. The van der Waals surface area contributed by atoms with Gasteiger partial charge in [-0.05, 0) is 37.0 Å². The maximum Gasteiger partial charge on any atom is 0.0620 e. The van der Waals surface area contributed by atoms with Crippen LogP contribution in [0.15, 0.2) is 0 Å². The maximum atomic E-state index is 5.46. The van der Waals surface area contributed by atoms with E-state index in [2.05, 4.69) is 26.1 Å². The second kappa shape index (κ2) is 5.50. The highest BCUT2D eigenvalue weighted by atomic mass is 16.5. The molecule has 1 heterocycles. The van der Waals surface area contributed by atoms with Crippen molar-refractivity contribution in [3.05, 3.63) is 0 Å². The first-order valence-electron chi connectivity index (χ1n) is 7.00. The lowest BCUT2D eigenvalue weighted by Gasteiger charge is -2.39. The van der Waals surface area contributed by atoms with Crippen molar-refractivity contribution in [3.8, 4) is 0 Å². The third-order valence-corrected chi connectivity index (χ3v) is 4.40. The van der Waals surface area contributed by atoms with Gasteiger partial charge >= 0.3 is 0 Å². The molecule has 0 spiro atoms. The Kier molecular flexibility index (Phi) is 4.26. The molecule has 1 saturated heterocycles. The van der Waals surface area contributed by atoms with Crippen LogP contribution in [-0.4, -0.2) is 25.3 Å². The van der Waals surface area contributed by atoms with Crippen LogP contribution in [0.1, 0.15) is 46.5 Å². The quantitative estimate of drug-likeness (QED) is 0.797. The van der Waals surface area contributed by atoms with Gasteiger partial charge in [0.1, 0.15) is 0 Å². The smallest absolute Gasteiger partial charge is 0.0620 e. The Morgan fingerprint density at radius 1 is 1.19 bits per heavy atom. The molecular weight excluding hydrogens is 198 g/mol. The molecule has 0 radical (unpaired) electrons. The van der Waals surface area contributed by atoms with Gasteiger partial charge in [-0.1, -0.05) is 27.2 Å². The molecule has 1 N–H and O–H groups in total. The van der Waals surface area contributed by atoms with E-state index in [1.165, 1.54) is 25.7 Å². The van der Waals surface area contributed by atoms with Gasteiger partial charge in [0.15, 0.2) is 0 Å². The Morgan fingerprint density at radius 3 is 2.62 bits per heavy atom. The summed E-state index contributed by atoms with van der Waals surface area (Å²) in [5.41, 5.74) is 0. The lowest BCUT2D eigenvalue weighted by atomic mass is 9.74. The highest BCUT2D eigenvalue weighted by Gasteiger charge is 2.32. The summed E-state index contributed by atoms with van der Waals surface area (Å²) < 4.78 is 5.46. The van der Waals surface area contributed by atoms with Crippen molar-refractivity contribution in [2.24, 2.45) is 17.8 Å². The molecule has 1 aliphatic heterocycles. The molecule has 2 heteroatoms. The number of nitrogens with one attached hydrogen (secondary N) is 1. The van der Waals surface area contributed by atoms with Crippen LogP contribution in [0, 0.1) is 17.8 Å². The number of ether oxygens (including phenoxy) is 1. The second-order valence-electron chi connectivity index (χ2n) is 6.16. The summed E-state index contributed by atoms with van der Waals surface area (Å²) in [5, 5.41) is 3.85. The molecule has 0 aromatic carbocycles. The number of hydrogen-bond acceptors (Lipinski definition) is 2. The van der Waals surface area contributed by atoms with Gasteiger partial charge in [-0.3, -0.25) is 0 Å². The molecule has 94 valence electrons. The number of hydrogen-bond donors (Lipinski definition) is 1. The highest BCUT2D eigenvalue weighted by Crippen LogP contribution is 2.33. The zero-order chi connectivity index (χ0) is 11.5. The van der Waals surface area contributed by atoms with Crippen molar-refractivity contribution in [2.45, 2.75) is 58.5 Å². The maximum absolute atomic E-state index is 5.46. The summed E-state index contributed by atoms with van der Waals surface area (Å²) in [5.74, 6) is 2.58. The van der Waals surface area contributed by atoms with E-state index in [1.54, 1.807) is 0 Å². The Morgan fingerprint density at radius 2 is 2.00 bits per heavy atom. The average Bonchev–Trinajstić information content (AvgIpc) is 2.70. The zero-order valence-corrected chi connectivity index (χ0v) is 11.0. The topological polar surface area (TPSA) is 21.3 Å². The van der Waals surface area contributed by atoms with Crippen LogP contribution in [0.3, 0.4) is 0 Å². The largest absolute Gasteiger partial charge is 0.380 e. The van der Waals surface area contributed by atoms with Gasteiger partial charge in [0.2, 0.25) is 0 Å². The van der Waals surface area contributed by atoms with Gasteiger partial charge in [-0.25, -0.2) is 0 Å². The molecule has 16 heavy (non-hydrogen) atoms. The van der Waals surface area contributed by atoms with Crippen molar-refractivity contribution in [1.29, 1.82) is 0 Å². The van der Waals surface area contributed by atoms with E-state index >= 15 is 0 Å². The van der Waals surface area contributed by atoms with E-state index in [1.807, 2.05) is 0 Å². The molecule has 1 saturated carbocycles. The van der Waals surface area contributed by atoms with Crippen LogP contribution in [-0.2, 0) is 4.74 Å². The third kappa shape index (κ3) is 2.98.